The number of ether oxygens (including phenoxy) is 1. The van der Waals surface area contributed by atoms with Crippen LogP contribution in [0.3, 0.4) is 0 Å². The molecule has 0 aliphatic heterocycles. The van der Waals surface area contributed by atoms with Crippen LogP contribution >= 0.6 is 0 Å². The molecule has 1 amide bonds. The van der Waals surface area contributed by atoms with E-state index in [1.165, 1.54) is 12.1 Å². The normalized spacial score (nSPS) is 11.1. The average Bonchev–Trinajstić information content (AvgIpc) is 2.42. The van der Waals surface area contributed by atoms with Crippen LogP contribution in [-0.4, -0.2) is 16.6 Å². The molecule has 0 spiro atoms. The molecule has 2 rings (SSSR count). The number of rotatable bonds is 3. The van der Waals surface area contributed by atoms with E-state index in [0.717, 1.165) is 5.56 Å². The molecule has 5 nitrogen and oxygen atoms in total. The van der Waals surface area contributed by atoms with Gasteiger partial charge in [-0.3, -0.25) is 4.79 Å². The summed E-state index contributed by atoms with van der Waals surface area (Å²) in [4.78, 5) is 12.3. The molecule has 23 heavy (non-hydrogen) atoms. The van der Waals surface area contributed by atoms with E-state index in [9.17, 15) is 9.90 Å². The van der Waals surface area contributed by atoms with Gasteiger partial charge in [0.05, 0.1) is 5.56 Å². The smallest absolute Gasteiger partial charge is 0.255 e. The van der Waals surface area contributed by atoms with E-state index < -0.39 is 5.54 Å². The molecular weight excluding hydrogens is 292 g/mol. The molecule has 122 valence electrons. The number of amides is 1. The highest BCUT2D eigenvalue weighted by Crippen LogP contribution is 2.30. The second-order valence-corrected chi connectivity index (χ2v) is 6.51. The van der Waals surface area contributed by atoms with Gasteiger partial charge in [-0.2, -0.15) is 0 Å². The van der Waals surface area contributed by atoms with E-state index in [1.807, 2.05) is 33.8 Å². The van der Waals surface area contributed by atoms with Gasteiger partial charge in [0.1, 0.15) is 17.2 Å². The fraction of sp³-hybridized carbons (Fsp3) is 0.278. The molecule has 5 heteroatoms. The van der Waals surface area contributed by atoms with Crippen molar-refractivity contribution in [1.29, 1.82) is 0 Å². The van der Waals surface area contributed by atoms with Gasteiger partial charge in [0, 0.05) is 11.2 Å². The average molecular weight is 314 g/mol. The van der Waals surface area contributed by atoms with Crippen molar-refractivity contribution in [1.82, 2.24) is 5.32 Å². The van der Waals surface area contributed by atoms with Crippen molar-refractivity contribution in [2.24, 2.45) is 0 Å². The summed E-state index contributed by atoms with van der Waals surface area (Å²) >= 11 is 0. The summed E-state index contributed by atoms with van der Waals surface area (Å²) in [5.74, 6) is 0.671. The first-order chi connectivity index (χ1) is 10.7. The predicted octanol–water partition coefficient (Wildman–Crippen LogP) is 3.60. The van der Waals surface area contributed by atoms with Gasteiger partial charge in [-0.15, -0.1) is 0 Å². The molecule has 0 aliphatic rings. The number of nitrogens with one attached hydrogen (secondary N) is 1. The van der Waals surface area contributed by atoms with Gasteiger partial charge in [0.2, 0.25) is 0 Å². The van der Waals surface area contributed by atoms with Crippen LogP contribution < -0.4 is 15.8 Å². The second kappa shape index (κ2) is 6.20. The highest BCUT2D eigenvalue weighted by atomic mass is 16.5. The van der Waals surface area contributed by atoms with E-state index in [0.29, 0.717) is 17.2 Å². The fourth-order valence-corrected chi connectivity index (χ4v) is 2.08. The lowest BCUT2D eigenvalue weighted by molar-refractivity contribution is 0.0916. The van der Waals surface area contributed by atoms with Crippen molar-refractivity contribution in [3.63, 3.8) is 0 Å². The Kier molecular flexibility index (Phi) is 4.50. The number of nitrogens with two attached hydrogens (primary N) is 1. The third kappa shape index (κ3) is 4.39. The highest BCUT2D eigenvalue weighted by Gasteiger charge is 2.19. The minimum atomic E-state index is -0.395. The number of carbonyl (C=O) groups excluding carboxylic acids is 1. The van der Waals surface area contributed by atoms with Crippen LogP contribution in [0.15, 0.2) is 36.4 Å². The van der Waals surface area contributed by atoms with Crippen molar-refractivity contribution < 1.29 is 14.6 Å². The number of anilines is 1. The van der Waals surface area contributed by atoms with E-state index in [4.69, 9.17) is 10.5 Å². The Morgan fingerprint density at radius 3 is 2.48 bits per heavy atom. The van der Waals surface area contributed by atoms with Gasteiger partial charge in [0.15, 0.2) is 0 Å². The molecular formula is C18H22N2O3. The number of aromatic hydroxyl groups is 1. The Labute approximate surface area is 136 Å². The minimum absolute atomic E-state index is 0.0897. The number of phenols is 1. The molecule has 0 fully saturated rings. The lowest BCUT2D eigenvalue weighted by atomic mass is 10.1. The predicted molar refractivity (Wildman–Crippen MR) is 91.0 cm³/mol. The van der Waals surface area contributed by atoms with Gasteiger partial charge in [0.25, 0.3) is 5.91 Å². The van der Waals surface area contributed by atoms with Gasteiger partial charge in [-0.1, -0.05) is 0 Å². The zero-order valence-corrected chi connectivity index (χ0v) is 13.8. The molecule has 2 aromatic rings. The first-order valence-electron chi connectivity index (χ1n) is 7.35. The summed E-state index contributed by atoms with van der Waals surface area (Å²) in [5, 5.41) is 12.7. The zero-order valence-electron chi connectivity index (χ0n) is 13.8. The van der Waals surface area contributed by atoms with Crippen molar-refractivity contribution >= 4 is 11.6 Å². The maximum absolute atomic E-state index is 12.3. The monoisotopic (exact) mass is 314 g/mol. The van der Waals surface area contributed by atoms with E-state index >= 15 is 0 Å². The Balaban J connectivity index is 2.28. The number of aryl methyl sites for hydroxylation is 1. The summed E-state index contributed by atoms with van der Waals surface area (Å²) in [7, 11) is 0. The summed E-state index contributed by atoms with van der Waals surface area (Å²) < 4.78 is 5.79. The Hall–Kier alpha value is -2.69. The first-order valence-corrected chi connectivity index (χ1v) is 7.35. The van der Waals surface area contributed by atoms with Crippen molar-refractivity contribution in [2.45, 2.75) is 33.2 Å². The summed E-state index contributed by atoms with van der Waals surface area (Å²) in [6.07, 6.45) is 0. The molecule has 0 heterocycles. The van der Waals surface area contributed by atoms with Crippen LogP contribution in [0.2, 0.25) is 0 Å². The Bertz CT molecular complexity index is 734. The van der Waals surface area contributed by atoms with E-state index in [-0.39, 0.29) is 17.2 Å². The topological polar surface area (TPSA) is 84.6 Å². The molecule has 0 saturated heterocycles. The molecule has 4 N–H and O–H groups in total. The third-order valence-electron chi connectivity index (χ3n) is 3.13. The maximum atomic E-state index is 12.3. The lowest BCUT2D eigenvalue weighted by Crippen LogP contribution is -2.40. The minimum Gasteiger partial charge on any atom is -0.507 e. The zero-order chi connectivity index (χ0) is 17.2. The second-order valence-electron chi connectivity index (χ2n) is 6.51. The van der Waals surface area contributed by atoms with Gasteiger partial charge in [-0.25, -0.2) is 0 Å². The number of carbonyl (C=O) groups is 1. The molecule has 0 bridgehead atoms. The quantitative estimate of drug-likeness (QED) is 0.756. The van der Waals surface area contributed by atoms with E-state index in [1.54, 1.807) is 18.2 Å². The Morgan fingerprint density at radius 1 is 1.17 bits per heavy atom. The first kappa shape index (κ1) is 16.7. The van der Waals surface area contributed by atoms with Gasteiger partial charge >= 0.3 is 0 Å². The lowest BCUT2D eigenvalue weighted by Gasteiger charge is -2.21. The molecule has 0 saturated carbocycles. The largest absolute Gasteiger partial charge is 0.507 e. The van der Waals surface area contributed by atoms with Crippen LogP contribution in [-0.2, 0) is 0 Å². The molecule has 0 unspecified atom stereocenters. The van der Waals surface area contributed by atoms with Gasteiger partial charge < -0.3 is 20.9 Å². The summed E-state index contributed by atoms with van der Waals surface area (Å²) in [5.41, 5.74) is 7.04. The molecule has 0 aliphatic carbocycles. The van der Waals surface area contributed by atoms with Crippen LogP contribution in [0.4, 0.5) is 5.69 Å². The molecule has 0 aromatic heterocycles. The fourth-order valence-electron chi connectivity index (χ4n) is 2.08. The van der Waals surface area contributed by atoms with Gasteiger partial charge in [-0.05, 0) is 69.7 Å². The van der Waals surface area contributed by atoms with Crippen LogP contribution in [0, 0.1) is 6.92 Å². The maximum Gasteiger partial charge on any atom is 0.255 e. The summed E-state index contributed by atoms with van der Waals surface area (Å²) in [6, 6.07) is 9.90. The van der Waals surface area contributed by atoms with Crippen LogP contribution in [0.1, 0.15) is 36.7 Å². The number of hydrogen-bond acceptors (Lipinski definition) is 4. The third-order valence-corrected chi connectivity index (χ3v) is 3.13. The number of hydrogen-bond donors (Lipinski definition) is 3. The molecule has 0 atom stereocenters. The van der Waals surface area contributed by atoms with E-state index in [2.05, 4.69) is 5.32 Å². The molecule has 2 aromatic carbocycles. The van der Waals surface area contributed by atoms with Crippen LogP contribution in [0.5, 0.6) is 17.2 Å². The highest BCUT2D eigenvalue weighted by molar-refractivity contribution is 5.97. The molecule has 0 radical (unpaired) electrons. The standard InChI is InChI=1S/C18H22N2O3/c1-11-9-12(19)5-8-16(11)23-13-6-7-15(21)14(10-13)17(22)20-18(2,3)4/h5-10,21H,19H2,1-4H3,(H,20,22). The Morgan fingerprint density at radius 2 is 1.87 bits per heavy atom. The van der Waals surface area contributed by atoms with Crippen LogP contribution in [0.25, 0.3) is 0 Å². The van der Waals surface area contributed by atoms with Crippen molar-refractivity contribution in [2.75, 3.05) is 5.73 Å². The SMILES string of the molecule is Cc1cc(N)ccc1Oc1ccc(O)c(C(=O)NC(C)(C)C)c1. The van der Waals surface area contributed by atoms with Crippen molar-refractivity contribution in [3.8, 4) is 17.2 Å². The summed E-state index contributed by atoms with van der Waals surface area (Å²) in [6.45, 7) is 7.51. The number of nitrogen functional groups attached to an aromatic ring is 1. The number of phenolic OH excluding ortho intramolecular Hbond substituents is 1. The number of benzene rings is 2. The van der Waals surface area contributed by atoms with Crippen molar-refractivity contribution in [3.05, 3.63) is 47.5 Å².